The van der Waals surface area contributed by atoms with Gasteiger partial charge >= 0.3 is 0 Å². The molecule has 0 radical (unpaired) electrons. The number of benzene rings is 2. The largest absolute Gasteiger partial charge is 0.367 e. The fraction of sp³-hybridized carbons (Fsp3) is 0.429. The second kappa shape index (κ2) is 8.28. The molecule has 1 aliphatic rings. The summed E-state index contributed by atoms with van der Waals surface area (Å²) in [5, 5.41) is 3.62. The lowest BCUT2D eigenvalue weighted by Crippen LogP contribution is -2.29. The van der Waals surface area contributed by atoms with Crippen molar-refractivity contribution in [1.29, 1.82) is 0 Å². The second-order valence-electron chi connectivity index (χ2n) is 6.51. The van der Waals surface area contributed by atoms with Crippen molar-refractivity contribution in [2.75, 3.05) is 13.2 Å². The molecule has 0 bridgehead atoms. The summed E-state index contributed by atoms with van der Waals surface area (Å²) >= 11 is 0. The lowest BCUT2D eigenvalue weighted by molar-refractivity contribution is 0.0806. The maximum absolute atomic E-state index is 6.25. The first kappa shape index (κ1) is 16.2. The molecular formula is C21H27NO. The van der Waals surface area contributed by atoms with Gasteiger partial charge in [-0.3, -0.25) is 0 Å². The molecule has 0 aromatic heterocycles. The van der Waals surface area contributed by atoms with Gasteiger partial charge in [0.05, 0.1) is 6.61 Å². The van der Waals surface area contributed by atoms with Crippen molar-refractivity contribution in [1.82, 2.24) is 5.32 Å². The highest BCUT2D eigenvalue weighted by molar-refractivity contribution is 5.31. The number of aryl methyl sites for hydroxylation is 1. The van der Waals surface area contributed by atoms with E-state index in [0.29, 0.717) is 6.04 Å². The lowest BCUT2D eigenvalue weighted by atomic mass is 10.0. The Labute approximate surface area is 139 Å². The van der Waals surface area contributed by atoms with E-state index in [1.165, 1.54) is 42.4 Å². The van der Waals surface area contributed by atoms with Gasteiger partial charge in [0.25, 0.3) is 0 Å². The quantitative estimate of drug-likeness (QED) is 0.753. The first-order valence-electron chi connectivity index (χ1n) is 8.79. The van der Waals surface area contributed by atoms with Gasteiger partial charge in [0.15, 0.2) is 0 Å². The Hall–Kier alpha value is -1.64. The third kappa shape index (κ3) is 4.66. The Morgan fingerprint density at radius 2 is 1.61 bits per heavy atom. The first-order valence-corrected chi connectivity index (χ1v) is 8.79. The van der Waals surface area contributed by atoms with Gasteiger partial charge in [0.1, 0.15) is 6.10 Å². The third-order valence-electron chi connectivity index (χ3n) is 4.66. The minimum Gasteiger partial charge on any atom is -0.367 e. The van der Waals surface area contributed by atoms with Crippen molar-refractivity contribution in [3.63, 3.8) is 0 Å². The molecule has 2 heteroatoms. The van der Waals surface area contributed by atoms with Gasteiger partial charge in [-0.25, -0.2) is 0 Å². The minimum absolute atomic E-state index is 0.0159. The summed E-state index contributed by atoms with van der Waals surface area (Å²) in [5.41, 5.74) is 3.73. The van der Waals surface area contributed by atoms with Gasteiger partial charge in [0, 0.05) is 12.6 Å². The van der Waals surface area contributed by atoms with Crippen molar-refractivity contribution in [3.8, 4) is 0 Å². The molecule has 1 N–H and O–H groups in total. The van der Waals surface area contributed by atoms with E-state index in [-0.39, 0.29) is 6.10 Å². The molecule has 23 heavy (non-hydrogen) atoms. The Bertz CT molecular complexity index is 573. The highest BCUT2D eigenvalue weighted by Gasteiger charge is 2.16. The zero-order valence-electron chi connectivity index (χ0n) is 14.0. The monoisotopic (exact) mass is 309 g/mol. The highest BCUT2D eigenvalue weighted by atomic mass is 16.5. The molecule has 1 aliphatic carbocycles. The summed E-state index contributed by atoms with van der Waals surface area (Å²) in [4.78, 5) is 0. The van der Waals surface area contributed by atoms with E-state index in [1.807, 2.05) is 0 Å². The highest BCUT2D eigenvalue weighted by Crippen LogP contribution is 2.26. The summed E-state index contributed by atoms with van der Waals surface area (Å²) in [5.74, 6) is 0. The normalized spacial score (nSPS) is 16.6. The van der Waals surface area contributed by atoms with Gasteiger partial charge in [-0.1, -0.05) is 73.0 Å². The third-order valence-corrected chi connectivity index (χ3v) is 4.66. The fourth-order valence-electron chi connectivity index (χ4n) is 3.32. The van der Waals surface area contributed by atoms with Crippen molar-refractivity contribution >= 4 is 0 Å². The molecule has 122 valence electrons. The van der Waals surface area contributed by atoms with Gasteiger partial charge in [-0.15, -0.1) is 0 Å². The van der Waals surface area contributed by atoms with Crippen LogP contribution in [0.1, 0.15) is 48.5 Å². The Morgan fingerprint density at radius 1 is 0.957 bits per heavy atom. The van der Waals surface area contributed by atoms with Crippen molar-refractivity contribution in [2.24, 2.45) is 0 Å². The summed E-state index contributed by atoms with van der Waals surface area (Å²) in [6.45, 7) is 3.79. The number of rotatable bonds is 7. The van der Waals surface area contributed by atoms with E-state index in [2.05, 4.69) is 66.8 Å². The predicted octanol–water partition coefficient (Wildman–Crippen LogP) is 4.63. The summed E-state index contributed by atoms with van der Waals surface area (Å²) in [6, 6.07) is 19.9. The maximum atomic E-state index is 6.25. The van der Waals surface area contributed by atoms with Crippen LogP contribution in [0.15, 0.2) is 54.6 Å². The van der Waals surface area contributed by atoms with Crippen molar-refractivity contribution < 1.29 is 4.74 Å². The van der Waals surface area contributed by atoms with Gasteiger partial charge < -0.3 is 10.1 Å². The zero-order valence-corrected chi connectivity index (χ0v) is 14.0. The van der Waals surface area contributed by atoms with Crippen LogP contribution in [0.4, 0.5) is 0 Å². The number of nitrogens with one attached hydrogen (secondary N) is 1. The van der Waals surface area contributed by atoms with Crippen LogP contribution in [-0.4, -0.2) is 19.2 Å². The topological polar surface area (TPSA) is 21.3 Å². The summed E-state index contributed by atoms with van der Waals surface area (Å²) < 4.78 is 6.25. The Kier molecular flexibility index (Phi) is 5.84. The second-order valence-corrected chi connectivity index (χ2v) is 6.51. The molecule has 2 aromatic carbocycles. The molecule has 0 spiro atoms. The molecule has 3 rings (SSSR count). The van der Waals surface area contributed by atoms with Crippen LogP contribution < -0.4 is 5.32 Å². The van der Waals surface area contributed by atoms with Crippen LogP contribution in [0.2, 0.25) is 0 Å². The molecule has 2 aromatic rings. The minimum atomic E-state index is 0.0159. The predicted molar refractivity (Wildman–Crippen MR) is 95.7 cm³/mol. The smallest absolute Gasteiger partial charge is 0.108 e. The Morgan fingerprint density at radius 3 is 2.30 bits per heavy atom. The van der Waals surface area contributed by atoms with Crippen LogP contribution in [0, 0.1) is 6.92 Å². The average Bonchev–Trinajstić information content (AvgIpc) is 3.10. The molecule has 1 atom stereocenters. The van der Waals surface area contributed by atoms with Crippen molar-refractivity contribution in [2.45, 2.75) is 44.8 Å². The molecule has 0 heterocycles. The van der Waals surface area contributed by atoms with E-state index in [1.54, 1.807) is 0 Å². The van der Waals surface area contributed by atoms with E-state index in [9.17, 15) is 0 Å². The van der Waals surface area contributed by atoms with Crippen molar-refractivity contribution in [3.05, 3.63) is 71.3 Å². The number of hydrogen-bond donors (Lipinski definition) is 1. The zero-order chi connectivity index (χ0) is 15.9. The number of hydrogen-bond acceptors (Lipinski definition) is 2. The van der Waals surface area contributed by atoms with Crippen LogP contribution in [0.5, 0.6) is 0 Å². The Balaban J connectivity index is 1.62. The van der Waals surface area contributed by atoms with Gasteiger partial charge in [-0.05, 0) is 30.9 Å². The van der Waals surface area contributed by atoms with Crippen LogP contribution in [-0.2, 0) is 4.74 Å². The van der Waals surface area contributed by atoms with Crippen LogP contribution in [0.3, 0.4) is 0 Å². The molecular weight excluding hydrogens is 282 g/mol. The van der Waals surface area contributed by atoms with Crippen LogP contribution >= 0.6 is 0 Å². The van der Waals surface area contributed by atoms with Crippen LogP contribution in [0.25, 0.3) is 0 Å². The first-order chi connectivity index (χ1) is 11.3. The van der Waals surface area contributed by atoms with E-state index < -0.39 is 0 Å². The van der Waals surface area contributed by atoms with Gasteiger partial charge in [0.2, 0.25) is 0 Å². The average molecular weight is 309 g/mol. The lowest BCUT2D eigenvalue weighted by Gasteiger charge is -2.20. The summed E-state index contributed by atoms with van der Waals surface area (Å²) in [7, 11) is 0. The molecule has 1 fully saturated rings. The summed E-state index contributed by atoms with van der Waals surface area (Å²) in [6.07, 6.45) is 5.39. The molecule has 0 aliphatic heterocycles. The van der Waals surface area contributed by atoms with E-state index >= 15 is 0 Å². The SMILES string of the molecule is Cc1ccc(C(OCCNC2CCCC2)c2ccccc2)cc1. The number of ether oxygens (including phenoxy) is 1. The molecule has 1 saturated carbocycles. The molecule has 0 saturated heterocycles. The molecule has 0 amide bonds. The maximum Gasteiger partial charge on any atom is 0.108 e. The van der Waals surface area contributed by atoms with Gasteiger partial charge in [-0.2, -0.15) is 0 Å². The molecule has 1 unspecified atom stereocenters. The molecule has 2 nitrogen and oxygen atoms in total. The van der Waals surface area contributed by atoms with E-state index in [0.717, 1.165) is 13.2 Å². The van der Waals surface area contributed by atoms with E-state index in [4.69, 9.17) is 4.74 Å². The standard InChI is InChI=1S/C21H27NO/c1-17-11-13-19(14-12-17)21(18-7-3-2-4-8-18)23-16-15-22-20-9-5-6-10-20/h2-4,7-8,11-14,20-22H,5-6,9-10,15-16H2,1H3. The fourth-order valence-corrected chi connectivity index (χ4v) is 3.32.